The molecular formula is C34H35ClF8N10O2. The third-order valence-electron chi connectivity index (χ3n) is 9.88. The van der Waals surface area contributed by atoms with Crippen LogP contribution in [0.1, 0.15) is 75.0 Å². The van der Waals surface area contributed by atoms with Crippen LogP contribution in [0.3, 0.4) is 0 Å². The highest BCUT2D eigenvalue weighted by atomic mass is 35.5. The molecule has 0 radical (unpaired) electrons. The summed E-state index contributed by atoms with van der Waals surface area (Å²) in [4.78, 5) is 38.3. The summed E-state index contributed by atoms with van der Waals surface area (Å²) in [6.45, 7) is -1.46. The molecule has 0 saturated heterocycles. The first kappa shape index (κ1) is 39.8. The van der Waals surface area contributed by atoms with Gasteiger partial charge in [0.15, 0.2) is 17.7 Å². The van der Waals surface area contributed by atoms with Gasteiger partial charge in [0.05, 0.1) is 30.0 Å². The van der Waals surface area contributed by atoms with Gasteiger partial charge in [0.1, 0.15) is 11.6 Å². The van der Waals surface area contributed by atoms with Crippen molar-refractivity contribution in [3.05, 3.63) is 70.4 Å². The second-order valence-corrected chi connectivity index (χ2v) is 14.6. The molecule has 2 unspecified atom stereocenters. The third-order valence-corrected chi connectivity index (χ3v) is 10.2. The van der Waals surface area contributed by atoms with Crippen LogP contribution in [-0.2, 0) is 15.1 Å². The van der Waals surface area contributed by atoms with E-state index in [-0.39, 0.29) is 27.8 Å². The van der Waals surface area contributed by atoms with Gasteiger partial charge >= 0.3 is 18.9 Å². The minimum Gasteiger partial charge on any atom is -0.369 e. The molecule has 2 aliphatic heterocycles. The Morgan fingerprint density at radius 3 is 2.36 bits per heavy atom. The van der Waals surface area contributed by atoms with E-state index in [4.69, 9.17) is 17.3 Å². The van der Waals surface area contributed by atoms with E-state index in [9.17, 15) is 44.7 Å². The fraction of sp³-hybridized carbons (Fsp3) is 0.471. The zero-order chi connectivity index (χ0) is 40.2. The van der Waals surface area contributed by atoms with Crippen LogP contribution >= 0.6 is 11.6 Å². The second-order valence-electron chi connectivity index (χ2n) is 14.2. The standard InChI is InChI=1S/C34H35ClF8N10O2/c1-17(33(38,39)40)27(54)45-14-25(19-6-11-23(35)22(12-19)26-46-16-48-52(26)29(36)37)51-28(55)32(49-30(51)44,15-31(2,3)34(41,42)43)20-7-4-18(5-8-20)24-13-47-53(50-24)21-9-10-21/h4-8,11-13,16-17,21,25-26,29H,9-10,14-15H2,1-3H3,(H2,44,49)(H,45,54)(H,46,48)/t17-,25?,26?,32+/m0/s1. The minimum atomic E-state index is -4.94. The number of aromatic nitrogens is 3. The molecule has 4 atom stereocenters. The summed E-state index contributed by atoms with van der Waals surface area (Å²) in [6.07, 6.45) is -7.80. The molecule has 21 heteroatoms. The monoisotopic (exact) mass is 802 g/mol. The van der Waals surface area contributed by atoms with E-state index in [0.29, 0.717) is 23.2 Å². The van der Waals surface area contributed by atoms with Crippen molar-refractivity contribution in [3.8, 4) is 11.3 Å². The lowest BCUT2D eigenvalue weighted by atomic mass is 9.74. The average Bonchev–Trinajstić information content (AvgIpc) is 3.52. The number of halogens is 9. The SMILES string of the molecule is C[C@@H](C(=O)NCC(c1ccc(Cl)c(C2N=CNN2C(F)F)c1)N1C(=O)[C@@](CC(C)(C)C(F)(F)F)(c2ccc(-c3cnn(C4CC4)n3)cc2)N=C1N)C(F)(F)F. The summed E-state index contributed by atoms with van der Waals surface area (Å²) >= 11 is 6.39. The maximum Gasteiger partial charge on any atom is 0.400 e. The van der Waals surface area contributed by atoms with Crippen molar-refractivity contribution in [1.29, 1.82) is 0 Å². The maximum absolute atomic E-state index is 14.9. The van der Waals surface area contributed by atoms with Gasteiger partial charge in [-0.25, -0.2) is 9.98 Å². The number of hydrogen-bond donors (Lipinski definition) is 3. The molecule has 0 bridgehead atoms. The lowest BCUT2D eigenvalue weighted by Gasteiger charge is -2.37. The zero-order valence-corrected chi connectivity index (χ0v) is 30.1. The highest BCUT2D eigenvalue weighted by molar-refractivity contribution is 6.31. The van der Waals surface area contributed by atoms with E-state index in [1.807, 2.05) is 0 Å². The van der Waals surface area contributed by atoms with E-state index >= 15 is 0 Å². The van der Waals surface area contributed by atoms with Crippen molar-refractivity contribution in [1.82, 2.24) is 35.6 Å². The Morgan fingerprint density at radius 1 is 1.09 bits per heavy atom. The average molecular weight is 803 g/mol. The summed E-state index contributed by atoms with van der Waals surface area (Å²) < 4.78 is 112. The molecule has 2 amide bonds. The highest BCUT2D eigenvalue weighted by Gasteiger charge is 2.59. The van der Waals surface area contributed by atoms with Crippen LogP contribution in [0.2, 0.25) is 5.02 Å². The Morgan fingerprint density at radius 2 is 1.76 bits per heavy atom. The van der Waals surface area contributed by atoms with Crippen molar-refractivity contribution >= 4 is 35.7 Å². The second kappa shape index (κ2) is 14.3. The molecule has 296 valence electrons. The number of nitrogens with two attached hydrogens (primary N) is 1. The summed E-state index contributed by atoms with van der Waals surface area (Å²) in [5.74, 6) is -5.69. The molecule has 1 aromatic heterocycles. The van der Waals surface area contributed by atoms with Crippen LogP contribution in [0.4, 0.5) is 35.1 Å². The summed E-state index contributed by atoms with van der Waals surface area (Å²) in [5, 5.41) is 11.2. The van der Waals surface area contributed by atoms with E-state index in [1.54, 1.807) is 4.80 Å². The van der Waals surface area contributed by atoms with Gasteiger partial charge in [-0.05, 0) is 49.4 Å². The lowest BCUT2D eigenvalue weighted by molar-refractivity contribution is -0.218. The topological polar surface area (TPSA) is 146 Å². The van der Waals surface area contributed by atoms with E-state index in [0.717, 1.165) is 37.9 Å². The minimum absolute atomic E-state index is 0.00200. The molecule has 4 N–H and O–H groups in total. The van der Waals surface area contributed by atoms with Crippen LogP contribution in [0.25, 0.3) is 11.3 Å². The normalized spacial score (nSPS) is 21.9. The number of carbonyl (C=O) groups is 2. The lowest BCUT2D eigenvalue weighted by Crippen LogP contribution is -2.51. The highest BCUT2D eigenvalue weighted by Crippen LogP contribution is 2.51. The number of benzene rings is 2. The Balaban J connectivity index is 1.43. The van der Waals surface area contributed by atoms with Crippen molar-refractivity contribution in [3.63, 3.8) is 0 Å². The molecule has 3 aliphatic rings. The molecule has 55 heavy (non-hydrogen) atoms. The molecular weight excluding hydrogens is 768 g/mol. The molecule has 1 aliphatic carbocycles. The molecule has 3 aromatic rings. The molecule has 2 aromatic carbocycles. The Labute approximate surface area is 313 Å². The number of hydrogen-bond acceptors (Lipinski definition) is 9. The Kier molecular flexibility index (Phi) is 10.4. The van der Waals surface area contributed by atoms with Crippen molar-refractivity contribution in [2.75, 3.05) is 6.54 Å². The summed E-state index contributed by atoms with van der Waals surface area (Å²) in [6, 6.07) is 8.31. The first-order valence-electron chi connectivity index (χ1n) is 16.9. The van der Waals surface area contributed by atoms with Gasteiger partial charge in [0.25, 0.3) is 5.91 Å². The van der Waals surface area contributed by atoms with E-state index < -0.39 is 78.7 Å². The number of nitrogens with one attached hydrogen (secondary N) is 2. The van der Waals surface area contributed by atoms with Crippen molar-refractivity contribution in [2.24, 2.45) is 27.1 Å². The Bertz CT molecular complexity index is 2000. The fourth-order valence-corrected chi connectivity index (χ4v) is 6.60. The number of amides is 2. The largest absolute Gasteiger partial charge is 0.400 e. The first-order valence-corrected chi connectivity index (χ1v) is 17.3. The third kappa shape index (κ3) is 7.70. The quantitative estimate of drug-likeness (QED) is 0.142. The molecule has 1 saturated carbocycles. The van der Waals surface area contributed by atoms with Gasteiger partial charge in [0, 0.05) is 22.7 Å². The van der Waals surface area contributed by atoms with Crippen LogP contribution in [0, 0.1) is 11.3 Å². The number of hydrazine groups is 1. The zero-order valence-electron chi connectivity index (χ0n) is 29.3. The van der Waals surface area contributed by atoms with Gasteiger partial charge in [0.2, 0.25) is 5.91 Å². The van der Waals surface area contributed by atoms with Crippen molar-refractivity contribution < 1.29 is 44.7 Å². The van der Waals surface area contributed by atoms with Crippen LogP contribution in [-0.4, -0.2) is 74.5 Å². The number of carbonyl (C=O) groups excluding carboxylic acids is 2. The predicted molar refractivity (Wildman–Crippen MR) is 183 cm³/mol. The number of rotatable bonds is 12. The number of alkyl halides is 8. The van der Waals surface area contributed by atoms with Crippen LogP contribution in [0.5, 0.6) is 0 Å². The van der Waals surface area contributed by atoms with Gasteiger partial charge in [-0.3, -0.25) is 14.5 Å². The maximum atomic E-state index is 14.9. The molecule has 6 rings (SSSR count). The number of aliphatic imine (C=N–C) groups is 2. The van der Waals surface area contributed by atoms with Crippen LogP contribution in [0.15, 0.2) is 58.6 Å². The van der Waals surface area contributed by atoms with Gasteiger partial charge < -0.3 is 16.5 Å². The van der Waals surface area contributed by atoms with E-state index in [2.05, 4.69) is 30.9 Å². The number of guanidine groups is 1. The fourth-order valence-electron chi connectivity index (χ4n) is 6.38. The molecule has 0 spiro atoms. The molecule has 12 nitrogen and oxygen atoms in total. The van der Waals surface area contributed by atoms with Gasteiger partial charge in [-0.1, -0.05) is 55.8 Å². The van der Waals surface area contributed by atoms with Gasteiger partial charge in [-0.15, -0.1) is 5.01 Å². The molecule has 1 fully saturated rings. The van der Waals surface area contributed by atoms with Crippen molar-refractivity contribution in [2.45, 2.75) is 82.7 Å². The smallest absolute Gasteiger partial charge is 0.369 e. The predicted octanol–water partition coefficient (Wildman–Crippen LogP) is 6.39. The van der Waals surface area contributed by atoms with Crippen LogP contribution < -0.4 is 16.5 Å². The first-order chi connectivity index (χ1) is 25.6. The summed E-state index contributed by atoms with van der Waals surface area (Å²) in [7, 11) is 0. The summed E-state index contributed by atoms with van der Waals surface area (Å²) in [5.41, 5.74) is 4.74. The number of nitrogens with zero attached hydrogens (tertiary/aromatic N) is 7. The van der Waals surface area contributed by atoms with E-state index in [1.165, 1.54) is 48.7 Å². The van der Waals surface area contributed by atoms with Gasteiger partial charge in [-0.2, -0.15) is 50.1 Å². The molecule has 3 heterocycles. The Hall–Kier alpha value is -4.85.